The van der Waals surface area contributed by atoms with Crippen LogP contribution in [0.25, 0.3) is 0 Å². The molecule has 1 atom stereocenters. The summed E-state index contributed by atoms with van der Waals surface area (Å²) in [7, 11) is -3.16. The fourth-order valence-electron chi connectivity index (χ4n) is 4.34. The smallest absolute Gasteiger partial charge is 0.320 e. The minimum atomic E-state index is -3.16. The standard InChI is InChI=1S/C19H27N3O4S/c1-27(24,25)18-4-2-15(3-5-18)12-20-8-9-21-17(13-20)14-22(19(21)23)16-6-10-26-11-7-16/h2-5,16-17H,6-14H2,1H3/t17-/m1/s1. The van der Waals surface area contributed by atoms with Gasteiger partial charge in [0.25, 0.3) is 0 Å². The molecule has 1 aromatic rings. The molecule has 3 saturated heterocycles. The first kappa shape index (κ1) is 18.7. The van der Waals surface area contributed by atoms with E-state index in [1.165, 1.54) is 6.26 Å². The minimum absolute atomic E-state index is 0.184. The summed E-state index contributed by atoms with van der Waals surface area (Å²) < 4.78 is 28.6. The van der Waals surface area contributed by atoms with Gasteiger partial charge in [0.1, 0.15) is 0 Å². The molecule has 0 aliphatic carbocycles. The topological polar surface area (TPSA) is 70.2 Å². The van der Waals surface area contributed by atoms with Gasteiger partial charge in [0, 0.05) is 58.2 Å². The van der Waals surface area contributed by atoms with Crippen molar-refractivity contribution in [2.75, 3.05) is 45.6 Å². The second-order valence-electron chi connectivity index (χ2n) is 7.78. The first-order valence-electron chi connectivity index (χ1n) is 9.58. The summed E-state index contributed by atoms with van der Waals surface area (Å²) in [5.74, 6) is 0. The summed E-state index contributed by atoms with van der Waals surface area (Å²) in [6.45, 7) is 5.53. The van der Waals surface area contributed by atoms with Crippen molar-refractivity contribution in [3.63, 3.8) is 0 Å². The van der Waals surface area contributed by atoms with Crippen LogP contribution in [0.2, 0.25) is 0 Å². The van der Waals surface area contributed by atoms with Gasteiger partial charge in [-0.3, -0.25) is 4.90 Å². The summed E-state index contributed by atoms with van der Waals surface area (Å²) in [6, 6.07) is 7.86. The maximum atomic E-state index is 12.8. The Balaban J connectivity index is 1.37. The van der Waals surface area contributed by atoms with Crippen LogP contribution < -0.4 is 0 Å². The number of piperazine rings is 1. The number of fused-ring (bicyclic) bond motifs is 1. The van der Waals surface area contributed by atoms with E-state index in [-0.39, 0.29) is 12.1 Å². The molecule has 4 rings (SSSR count). The van der Waals surface area contributed by atoms with Gasteiger partial charge in [0.2, 0.25) is 0 Å². The molecule has 0 bridgehead atoms. The predicted octanol–water partition coefficient (Wildman–Crippen LogP) is 1.19. The quantitative estimate of drug-likeness (QED) is 0.769. The highest BCUT2D eigenvalue weighted by atomic mass is 32.2. The number of amides is 2. The first-order valence-corrected chi connectivity index (χ1v) is 11.5. The molecule has 0 spiro atoms. The lowest BCUT2D eigenvalue weighted by molar-refractivity contribution is 0.0504. The number of rotatable bonds is 4. The van der Waals surface area contributed by atoms with E-state index in [9.17, 15) is 13.2 Å². The van der Waals surface area contributed by atoms with Crippen LogP contribution in [-0.4, -0.2) is 86.9 Å². The lowest BCUT2D eigenvalue weighted by Gasteiger charge is -2.36. The maximum absolute atomic E-state index is 12.8. The first-order chi connectivity index (χ1) is 12.9. The molecular weight excluding hydrogens is 366 g/mol. The Morgan fingerprint density at radius 2 is 1.70 bits per heavy atom. The molecule has 27 heavy (non-hydrogen) atoms. The van der Waals surface area contributed by atoms with E-state index in [0.717, 1.165) is 64.3 Å². The Hall–Kier alpha value is -1.64. The Kier molecular flexibility index (Phi) is 5.13. The number of ether oxygens (including phenoxy) is 1. The van der Waals surface area contributed by atoms with Crippen molar-refractivity contribution >= 4 is 15.9 Å². The third kappa shape index (κ3) is 3.97. The zero-order chi connectivity index (χ0) is 19.0. The van der Waals surface area contributed by atoms with E-state index < -0.39 is 9.84 Å². The fourth-order valence-corrected chi connectivity index (χ4v) is 4.97. The second kappa shape index (κ2) is 7.41. The van der Waals surface area contributed by atoms with Crippen LogP contribution in [0.3, 0.4) is 0 Å². The van der Waals surface area contributed by atoms with E-state index in [2.05, 4.69) is 9.80 Å². The number of carbonyl (C=O) groups is 1. The van der Waals surface area contributed by atoms with Gasteiger partial charge in [-0.1, -0.05) is 12.1 Å². The van der Waals surface area contributed by atoms with Crippen molar-refractivity contribution in [1.29, 1.82) is 0 Å². The molecule has 1 aromatic carbocycles. The molecule has 8 heteroatoms. The third-order valence-electron chi connectivity index (χ3n) is 5.85. The predicted molar refractivity (Wildman–Crippen MR) is 101 cm³/mol. The molecule has 0 unspecified atom stereocenters. The van der Waals surface area contributed by atoms with Crippen molar-refractivity contribution in [1.82, 2.24) is 14.7 Å². The highest BCUT2D eigenvalue weighted by Crippen LogP contribution is 2.27. The molecule has 7 nitrogen and oxygen atoms in total. The van der Waals surface area contributed by atoms with Crippen molar-refractivity contribution in [3.05, 3.63) is 29.8 Å². The SMILES string of the molecule is CS(=O)(=O)c1ccc(CN2CCN3C(=O)N(C4CCOCC4)C[C@H]3C2)cc1. The van der Waals surface area contributed by atoms with Gasteiger partial charge in [-0.2, -0.15) is 0 Å². The highest BCUT2D eigenvalue weighted by molar-refractivity contribution is 7.90. The van der Waals surface area contributed by atoms with Crippen LogP contribution >= 0.6 is 0 Å². The van der Waals surface area contributed by atoms with Crippen LogP contribution in [-0.2, 0) is 21.1 Å². The third-order valence-corrected chi connectivity index (χ3v) is 6.98. The van der Waals surface area contributed by atoms with Gasteiger partial charge in [-0.25, -0.2) is 13.2 Å². The van der Waals surface area contributed by atoms with Crippen LogP contribution in [0.1, 0.15) is 18.4 Å². The Morgan fingerprint density at radius 3 is 2.37 bits per heavy atom. The molecule has 0 radical (unpaired) electrons. The molecular formula is C19H27N3O4S. The Morgan fingerprint density at radius 1 is 1.00 bits per heavy atom. The Bertz CT molecular complexity index is 790. The zero-order valence-electron chi connectivity index (χ0n) is 15.7. The molecule has 148 valence electrons. The van der Waals surface area contributed by atoms with Gasteiger partial charge < -0.3 is 14.5 Å². The summed E-state index contributed by atoms with van der Waals surface area (Å²) in [5.41, 5.74) is 1.10. The molecule has 0 saturated carbocycles. The van der Waals surface area contributed by atoms with Crippen molar-refractivity contribution < 1.29 is 17.9 Å². The number of nitrogens with zero attached hydrogens (tertiary/aromatic N) is 3. The van der Waals surface area contributed by atoms with Gasteiger partial charge in [0.05, 0.1) is 10.9 Å². The average Bonchev–Trinajstić information content (AvgIpc) is 2.98. The van der Waals surface area contributed by atoms with E-state index in [1.54, 1.807) is 12.1 Å². The summed E-state index contributed by atoms with van der Waals surface area (Å²) >= 11 is 0. The number of benzene rings is 1. The summed E-state index contributed by atoms with van der Waals surface area (Å²) in [5, 5.41) is 0. The minimum Gasteiger partial charge on any atom is -0.381 e. The molecule has 0 N–H and O–H groups in total. The lowest BCUT2D eigenvalue weighted by atomic mass is 10.1. The van der Waals surface area contributed by atoms with Gasteiger partial charge >= 0.3 is 6.03 Å². The monoisotopic (exact) mass is 393 g/mol. The number of hydrogen-bond donors (Lipinski definition) is 0. The largest absolute Gasteiger partial charge is 0.381 e. The molecule has 3 fully saturated rings. The maximum Gasteiger partial charge on any atom is 0.320 e. The average molecular weight is 394 g/mol. The van der Waals surface area contributed by atoms with Crippen LogP contribution in [0.15, 0.2) is 29.2 Å². The highest BCUT2D eigenvalue weighted by Gasteiger charge is 2.43. The molecule has 3 heterocycles. The normalized spacial score (nSPS) is 25.1. The fraction of sp³-hybridized carbons (Fsp3) is 0.632. The van der Waals surface area contributed by atoms with Crippen LogP contribution in [0, 0.1) is 0 Å². The van der Waals surface area contributed by atoms with E-state index in [1.807, 2.05) is 17.0 Å². The zero-order valence-corrected chi connectivity index (χ0v) is 16.5. The van der Waals surface area contributed by atoms with Gasteiger partial charge in [-0.05, 0) is 30.5 Å². The molecule has 3 aliphatic heterocycles. The van der Waals surface area contributed by atoms with E-state index in [4.69, 9.17) is 4.74 Å². The number of hydrogen-bond acceptors (Lipinski definition) is 5. The van der Waals surface area contributed by atoms with Gasteiger partial charge in [0.15, 0.2) is 9.84 Å². The van der Waals surface area contributed by atoms with E-state index >= 15 is 0 Å². The van der Waals surface area contributed by atoms with Crippen molar-refractivity contribution in [2.24, 2.45) is 0 Å². The Labute approximate surface area is 160 Å². The number of sulfone groups is 1. The number of carbonyl (C=O) groups excluding carboxylic acids is 1. The van der Waals surface area contributed by atoms with Crippen LogP contribution in [0.5, 0.6) is 0 Å². The molecule has 2 amide bonds. The molecule has 0 aromatic heterocycles. The number of urea groups is 1. The van der Waals surface area contributed by atoms with Crippen LogP contribution in [0.4, 0.5) is 4.79 Å². The van der Waals surface area contributed by atoms with Crippen molar-refractivity contribution in [2.45, 2.75) is 36.4 Å². The summed E-state index contributed by atoms with van der Waals surface area (Å²) in [4.78, 5) is 19.6. The van der Waals surface area contributed by atoms with Gasteiger partial charge in [-0.15, -0.1) is 0 Å². The van der Waals surface area contributed by atoms with Crippen molar-refractivity contribution in [3.8, 4) is 0 Å². The second-order valence-corrected chi connectivity index (χ2v) is 9.79. The molecule has 3 aliphatic rings. The van der Waals surface area contributed by atoms with E-state index in [0.29, 0.717) is 10.9 Å². The lowest BCUT2D eigenvalue weighted by Crippen LogP contribution is -2.51. The summed E-state index contributed by atoms with van der Waals surface area (Å²) in [6.07, 6.45) is 3.09.